The predicted molar refractivity (Wildman–Crippen MR) is 66.3 cm³/mol. The van der Waals surface area contributed by atoms with Crippen LogP contribution in [0.25, 0.3) is 0 Å². The summed E-state index contributed by atoms with van der Waals surface area (Å²) in [6.07, 6.45) is 0. The average molecular weight is 311 g/mol. The first-order valence-corrected chi connectivity index (χ1v) is 7.85. The van der Waals surface area contributed by atoms with Gasteiger partial charge in [0.25, 0.3) is 0 Å². The topological polar surface area (TPSA) is 144 Å². The van der Waals surface area contributed by atoms with E-state index >= 15 is 0 Å². The third-order valence-electron chi connectivity index (χ3n) is 2.29. The molecule has 0 amide bonds. The molecule has 0 aliphatic heterocycles. The highest BCUT2D eigenvalue weighted by atomic mass is 32.3. The molecule has 0 aliphatic rings. The lowest BCUT2D eigenvalue weighted by Crippen LogP contribution is -2.27. The zero-order valence-electron chi connectivity index (χ0n) is 9.85. The molecule has 0 aliphatic carbocycles. The van der Waals surface area contributed by atoms with Crippen molar-refractivity contribution in [3.05, 3.63) is 23.8 Å². The van der Waals surface area contributed by atoms with Gasteiger partial charge in [-0.2, -0.15) is 8.42 Å². The summed E-state index contributed by atoms with van der Waals surface area (Å²) in [6, 6.07) is 3.76. The second-order valence-electron chi connectivity index (χ2n) is 3.73. The van der Waals surface area contributed by atoms with Crippen molar-refractivity contribution >= 4 is 25.9 Å². The molecule has 1 atom stereocenters. The number of hydrogen-bond acceptors (Lipinski definition) is 7. The molecule has 0 saturated carbocycles. The summed E-state index contributed by atoms with van der Waals surface area (Å²) >= 11 is 0. The molecule has 1 unspecified atom stereocenters. The Morgan fingerprint density at radius 1 is 1.32 bits per heavy atom. The summed E-state index contributed by atoms with van der Waals surface area (Å²) in [6.45, 7) is 0.472. The first-order valence-electron chi connectivity index (χ1n) is 4.94. The standard InChI is InChI=1S/C9H13NO7S2/c1-6-4-7(2-3-8(6)10)18(12,13)9(11)5-17-19(14,15)16/h2-4,9,11H,5,10H2,1H3,(H,14,15,16). The maximum atomic E-state index is 11.9. The van der Waals surface area contributed by atoms with Gasteiger partial charge in [-0.05, 0) is 30.7 Å². The van der Waals surface area contributed by atoms with E-state index in [9.17, 15) is 21.9 Å². The maximum Gasteiger partial charge on any atom is 0.397 e. The Bertz CT molecular complexity index is 666. The average Bonchev–Trinajstić information content (AvgIpc) is 2.28. The highest BCUT2D eigenvalue weighted by molar-refractivity contribution is 7.92. The number of anilines is 1. The van der Waals surface area contributed by atoms with Crippen molar-refractivity contribution in [2.45, 2.75) is 17.3 Å². The zero-order valence-corrected chi connectivity index (χ0v) is 11.5. The number of rotatable bonds is 5. The van der Waals surface area contributed by atoms with E-state index in [4.69, 9.17) is 10.3 Å². The molecule has 10 heteroatoms. The molecule has 108 valence electrons. The van der Waals surface area contributed by atoms with Gasteiger partial charge in [0.05, 0.1) is 4.90 Å². The summed E-state index contributed by atoms with van der Waals surface area (Å²) in [5, 5.41) is 9.43. The Kier molecular flexibility index (Phi) is 4.53. The van der Waals surface area contributed by atoms with E-state index in [1.165, 1.54) is 18.2 Å². The number of hydrogen-bond donors (Lipinski definition) is 3. The maximum absolute atomic E-state index is 11.9. The van der Waals surface area contributed by atoms with Gasteiger partial charge in [0, 0.05) is 5.69 Å². The van der Waals surface area contributed by atoms with E-state index in [1.54, 1.807) is 6.92 Å². The van der Waals surface area contributed by atoms with Crippen LogP contribution in [0.1, 0.15) is 5.56 Å². The fourth-order valence-corrected chi connectivity index (χ4v) is 2.76. The van der Waals surface area contributed by atoms with Crippen molar-refractivity contribution in [2.75, 3.05) is 12.3 Å². The quantitative estimate of drug-likeness (QED) is 0.487. The van der Waals surface area contributed by atoms with Crippen molar-refractivity contribution in [1.29, 1.82) is 0 Å². The van der Waals surface area contributed by atoms with Gasteiger partial charge in [0.2, 0.25) is 9.84 Å². The van der Waals surface area contributed by atoms with Crippen LogP contribution >= 0.6 is 0 Å². The second kappa shape index (κ2) is 5.43. The van der Waals surface area contributed by atoms with Gasteiger partial charge in [-0.1, -0.05) is 0 Å². The number of benzene rings is 1. The van der Waals surface area contributed by atoms with Crippen molar-refractivity contribution in [1.82, 2.24) is 0 Å². The highest BCUT2D eigenvalue weighted by Gasteiger charge is 2.27. The Morgan fingerprint density at radius 2 is 1.89 bits per heavy atom. The molecule has 0 aromatic heterocycles. The first-order chi connectivity index (χ1) is 8.54. The lowest BCUT2D eigenvalue weighted by molar-refractivity contribution is 0.157. The molecule has 1 rings (SSSR count). The molecule has 0 saturated heterocycles. The molecule has 4 N–H and O–H groups in total. The molecule has 19 heavy (non-hydrogen) atoms. The summed E-state index contributed by atoms with van der Waals surface area (Å²) < 4.78 is 56.5. The third-order valence-corrected chi connectivity index (χ3v) is 4.48. The van der Waals surface area contributed by atoms with E-state index in [-0.39, 0.29) is 4.90 Å². The Labute approximate surface area is 110 Å². The number of aryl methyl sites for hydroxylation is 1. The molecular weight excluding hydrogens is 298 g/mol. The van der Waals surface area contributed by atoms with E-state index < -0.39 is 32.3 Å². The van der Waals surface area contributed by atoms with Crippen molar-refractivity contribution in [3.63, 3.8) is 0 Å². The Morgan fingerprint density at radius 3 is 2.37 bits per heavy atom. The number of nitrogen functional groups attached to an aromatic ring is 1. The van der Waals surface area contributed by atoms with Gasteiger partial charge in [0.15, 0.2) is 5.44 Å². The lowest BCUT2D eigenvalue weighted by atomic mass is 10.2. The number of nitrogens with two attached hydrogens (primary N) is 1. The number of aliphatic hydroxyl groups is 1. The minimum atomic E-state index is -4.82. The van der Waals surface area contributed by atoms with Crippen LogP contribution in [-0.2, 0) is 24.4 Å². The molecule has 0 bridgehead atoms. The zero-order chi connectivity index (χ0) is 14.8. The fourth-order valence-electron chi connectivity index (χ4n) is 1.22. The van der Waals surface area contributed by atoms with Crippen LogP contribution in [0.3, 0.4) is 0 Å². The number of aliphatic hydroxyl groups excluding tert-OH is 1. The fraction of sp³-hybridized carbons (Fsp3) is 0.333. The van der Waals surface area contributed by atoms with Crippen LogP contribution in [0.5, 0.6) is 0 Å². The van der Waals surface area contributed by atoms with Crippen molar-refractivity contribution in [3.8, 4) is 0 Å². The van der Waals surface area contributed by atoms with Crippen LogP contribution in [0.4, 0.5) is 5.69 Å². The molecule has 0 fully saturated rings. The summed E-state index contributed by atoms with van der Waals surface area (Å²) in [5.41, 5.74) is 4.27. The third kappa shape index (κ3) is 4.14. The second-order valence-corrected chi connectivity index (χ2v) is 6.93. The van der Waals surface area contributed by atoms with Gasteiger partial charge >= 0.3 is 10.4 Å². The smallest absolute Gasteiger partial charge is 0.397 e. The van der Waals surface area contributed by atoms with Gasteiger partial charge < -0.3 is 10.8 Å². The normalized spacial score (nSPS) is 14.3. The van der Waals surface area contributed by atoms with Gasteiger partial charge in [-0.15, -0.1) is 0 Å². The van der Waals surface area contributed by atoms with Crippen molar-refractivity contribution < 1.29 is 30.7 Å². The monoisotopic (exact) mass is 311 g/mol. The van der Waals surface area contributed by atoms with Crippen LogP contribution in [0.15, 0.2) is 23.1 Å². The van der Waals surface area contributed by atoms with E-state index in [0.29, 0.717) is 11.3 Å². The molecule has 0 heterocycles. The van der Waals surface area contributed by atoms with Gasteiger partial charge in [0.1, 0.15) is 6.61 Å². The minimum absolute atomic E-state index is 0.231. The molecule has 1 aromatic rings. The van der Waals surface area contributed by atoms with Crippen LogP contribution in [-0.4, -0.2) is 38.5 Å². The molecule has 8 nitrogen and oxygen atoms in total. The van der Waals surface area contributed by atoms with E-state index in [2.05, 4.69) is 4.18 Å². The van der Waals surface area contributed by atoms with E-state index in [1.807, 2.05) is 0 Å². The summed E-state index contributed by atoms with van der Waals surface area (Å²) in [5.74, 6) is 0. The van der Waals surface area contributed by atoms with Gasteiger partial charge in [-0.25, -0.2) is 12.6 Å². The van der Waals surface area contributed by atoms with Crippen LogP contribution in [0, 0.1) is 6.92 Å². The predicted octanol–water partition coefficient (Wildman–Crippen LogP) is -0.511. The Balaban J connectivity index is 3.00. The SMILES string of the molecule is Cc1cc(S(=O)(=O)C(O)COS(=O)(=O)O)ccc1N. The molecular formula is C9H13NO7S2. The van der Waals surface area contributed by atoms with Crippen LogP contribution < -0.4 is 5.73 Å². The lowest BCUT2D eigenvalue weighted by Gasteiger charge is -2.12. The van der Waals surface area contributed by atoms with Gasteiger partial charge in [-0.3, -0.25) is 4.55 Å². The summed E-state index contributed by atoms with van der Waals surface area (Å²) in [4.78, 5) is -0.231. The number of sulfone groups is 1. The Hall–Kier alpha value is -1.20. The van der Waals surface area contributed by atoms with E-state index in [0.717, 1.165) is 0 Å². The highest BCUT2D eigenvalue weighted by Crippen LogP contribution is 2.20. The largest absolute Gasteiger partial charge is 0.399 e. The minimum Gasteiger partial charge on any atom is -0.399 e. The summed E-state index contributed by atoms with van der Waals surface area (Å²) in [7, 11) is -9.02. The van der Waals surface area contributed by atoms with Crippen LogP contribution in [0.2, 0.25) is 0 Å². The first kappa shape index (κ1) is 15.9. The van der Waals surface area contributed by atoms with Crippen molar-refractivity contribution in [2.24, 2.45) is 0 Å². The molecule has 0 radical (unpaired) electrons. The molecule has 0 spiro atoms. The molecule has 1 aromatic carbocycles.